The Balaban J connectivity index is 1.71. The van der Waals surface area contributed by atoms with Gasteiger partial charge in [0.05, 0.1) is 24.2 Å². The molecule has 0 saturated carbocycles. The van der Waals surface area contributed by atoms with Crippen LogP contribution in [0.15, 0.2) is 68.8 Å². The predicted molar refractivity (Wildman–Crippen MR) is 108 cm³/mol. The summed E-state index contributed by atoms with van der Waals surface area (Å²) >= 11 is 1.49. The smallest absolute Gasteiger partial charge is 0.373 e. The van der Waals surface area contributed by atoms with E-state index in [4.69, 9.17) is 13.6 Å². The molecule has 4 aromatic rings. The second-order valence-corrected chi connectivity index (χ2v) is 7.63. The number of carbonyl (C=O) groups excluding carboxylic acids is 1. The summed E-state index contributed by atoms with van der Waals surface area (Å²) in [5, 5.41) is 9.44. The molecule has 8 heteroatoms. The van der Waals surface area contributed by atoms with E-state index in [-0.39, 0.29) is 11.0 Å². The summed E-state index contributed by atoms with van der Waals surface area (Å²) in [5.74, 6) is 1.80. The number of carbonyl (C=O) groups is 1. The van der Waals surface area contributed by atoms with Crippen molar-refractivity contribution in [2.75, 3.05) is 7.11 Å². The van der Waals surface area contributed by atoms with Crippen LogP contribution < -0.4 is 0 Å². The number of esters is 1. The Hall–Kier alpha value is -3.26. The fourth-order valence-corrected chi connectivity index (χ4v) is 3.89. The minimum Gasteiger partial charge on any atom is -0.469 e. The maximum atomic E-state index is 11.7. The van der Waals surface area contributed by atoms with Crippen molar-refractivity contribution in [1.29, 1.82) is 0 Å². The first kappa shape index (κ1) is 19.1. The quantitative estimate of drug-likeness (QED) is 0.325. The van der Waals surface area contributed by atoms with Gasteiger partial charge in [0, 0.05) is 5.69 Å². The van der Waals surface area contributed by atoms with E-state index in [1.165, 1.54) is 18.9 Å². The molecular formula is C21H19N3O4S. The van der Waals surface area contributed by atoms with Crippen LogP contribution in [0.25, 0.3) is 17.1 Å². The zero-order chi connectivity index (χ0) is 20.4. The van der Waals surface area contributed by atoms with E-state index in [0.717, 1.165) is 17.0 Å². The predicted octanol–water partition coefficient (Wildman–Crippen LogP) is 5.07. The van der Waals surface area contributed by atoms with E-state index >= 15 is 0 Å². The fraction of sp³-hybridized carbons (Fsp3) is 0.190. The highest BCUT2D eigenvalue weighted by Gasteiger charge is 2.23. The van der Waals surface area contributed by atoms with Crippen molar-refractivity contribution in [2.45, 2.75) is 24.3 Å². The summed E-state index contributed by atoms with van der Waals surface area (Å²) in [6.07, 6.45) is 1.64. The van der Waals surface area contributed by atoms with Gasteiger partial charge in [-0.3, -0.25) is 4.57 Å². The van der Waals surface area contributed by atoms with E-state index in [1.54, 1.807) is 18.4 Å². The van der Waals surface area contributed by atoms with Crippen LogP contribution in [0, 0.1) is 6.92 Å². The number of methoxy groups -OCH3 is 1. The van der Waals surface area contributed by atoms with Gasteiger partial charge in [0.2, 0.25) is 5.76 Å². The second-order valence-electron chi connectivity index (χ2n) is 6.32. The van der Waals surface area contributed by atoms with Crippen LogP contribution in [0.1, 0.15) is 34.2 Å². The summed E-state index contributed by atoms with van der Waals surface area (Å²) in [4.78, 5) is 11.7. The Morgan fingerprint density at radius 3 is 2.62 bits per heavy atom. The molecule has 0 saturated heterocycles. The van der Waals surface area contributed by atoms with Crippen molar-refractivity contribution in [1.82, 2.24) is 14.8 Å². The van der Waals surface area contributed by atoms with Crippen LogP contribution in [0.5, 0.6) is 0 Å². The number of furan rings is 2. The van der Waals surface area contributed by atoms with Crippen LogP contribution >= 0.6 is 11.8 Å². The highest BCUT2D eigenvalue weighted by molar-refractivity contribution is 7.99. The van der Waals surface area contributed by atoms with Crippen molar-refractivity contribution in [3.63, 3.8) is 0 Å². The Labute approximate surface area is 171 Å². The van der Waals surface area contributed by atoms with E-state index in [2.05, 4.69) is 10.2 Å². The number of para-hydroxylation sites is 1. The van der Waals surface area contributed by atoms with Crippen molar-refractivity contribution < 1.29 is 18.4 Å². The Bertz CT molecular complexity index is 1130. The Kier molecular flexibility index (Phi) is 5.26. The Morgan fingerprint density at radius 2 is 1.93 bits per heavy atom. The topological polar surface area (TPSA) is 83.3 Å². The first-order valence-corrected chi connectivity index (χ1v) is 9.86. The molecule has 0 N–H and O–H groups in total. The lowest BCUT2D eigenvalue weighted by atomic mass is 10.2. The number of hydrogen-bond donors (Lipinski definition) is 0. The molecule has 7 nitrogen and oxygen atoms in total. The number of benzene rings is 1. The number of aryl methyl sites for hydroxylation is 1. The zero-order valence-electron chi connectivity index (χ0n) is 16.2. The largest absolute Gasteiger partial charge is 0.469 e. The molecule has 0 spiro atoms. The zero-order valence-corrected chi connectivity index (χ0v) is 17.0. The van der Waals surface area contributed by atoms with Gasteiger partial charge < -0.3 is 13.6 Å². The van der Waals surface area contributed by atoms with E-state index < -0.39 is 5.97 Å². The summed E-state index contributed by atoms with van der Waals surface area (Å²) in [7, 11) is 1.32. The number of aromatic nitrogens is 3. The highest BCUT2D eigenvalue weighted by atomic mass is 32.2. The van der Waals surface area contributed by atoms with Gasteiger partial charge in [-0.25, -0.2) is 4.79 Å². The first-order chi connectivity index (χ1) is 14.1. The summed E-state index contributed by atoms with van der Waals surface area (Å²) in [6, 6.07) is 15.2. The standard InChI is InChI=1S/C21H19N3O4S/c1-13-16(11-12-27-13)19-22-23-21(24(19)15-7-5-4-6-8-15)29-14(2)17-9-10-18(28-17)20(25)26-3/h4-12,14H,1-3H3. The van der Waals surface area contributed by atoms with Crippen LogP contribution in [0.4, 0.5) is 0 Å². The van der Waals surface area contributed by atoms with Crippen LogP contribution in [0.2, 0.25) is 0 Å². The third-order valence-corrected chi connectivity index (χ3v) is 5.50. The third-order valence-electron chi connectivity index (χ3n) is 4.44. The molecule has 4 rings (SSSR count). The molecular weight excluding hydrogens is 390 g/mol. The maximum Gasteiger partial charge on any atom is 0.373 e. The average molecular weight is 409 g/mol. The first-order valence-electron chi connectivity index (χ1n) is 8.98. The van der Waals surface area contributed by atoms with Gasteiger partial charge in [-0.15, -0.1) is 10.2 Å². The van der Waals surface area contributed by atoms with Gasteiger partial charge in [0.25, 0.3) is 0 Å². The summed E-state index contributed by atoms with van der Waals surface area (Å²) in [6.45, 7) is 3.88. The second kappa shape index (κ2) is 8.00. The molecule has 0 bridgehead atoms. The fourth-order valence-electron chi connectivity index (χ4n) is 2.95. The SMILES string of the molecule is COC(=O)c1ccc(C(C)Sc2nnc(-c3ccoc3C)n2-c2ccccc2)o1. The maximum absolute atomic E-state index is 11.7. The van der Waals surface area contributed by atoms with E-state index in [1.807, 2.05) is 54.8 Å². The van der Waals surface area contributed by atoms with Gasteiger partial charge in [0.15, 0.2) is 11.0 Å². The minimum absolute atomic E-state index is 0.0987. The molecule has 0 aliphatic rings. The molecule has 0 aliphatic carbocycles. The molecule has 0 amide bonds. The molecule has 148 valence electrons. The number of thioether (sulfide) groups is 1. The van der Waals surface area contributed by atoms with Gasteiger partial charge in [-0.1, -0.05) is 30.0 Å². The van der Waals surface area contributed by atoms with E-state index in [0.29, 0.717) is 16.7 Å². The van der Waals surface area contributed by atoms with Gasteiger partial charge in [-0.2, -0.15) is 0 Å². The van der Waals surface area contributed by atoms with Crippen LogP contribution in [0.3, 0.4) is 0 Å². The molecule has 1 unspecified atom stereocenters. The molecule has 3 heterocycles. The van der Waals surface area contributed by atoms with Gasteiger partial charge in [-0.05, 0) is 44.2 Å². The van der Waals surface area contributed by atoms with Crippen molar-refractivity contribution in [2.24, 2.45) is 0 Å². The van der Waals surface area contributed by atoms with Crippen molar-refractivity contribution >= 4 is 17.7 Å². The monoisotopic (exact) mass is 409 g/mol. The molecule has 1 atom stereocenters. The molecule has 0 aliphatic heterocycles. The molecule has 0 radical (unpaired) electrons. The number of rotatable bonds is 6. The lowest BCUT2D eigenvalue weighted by Crippen LogP contribution is -2.01. The lowest BCUT2D eigenvalue weighted by molar-refractivity contribution is 0.0563. The average Bonchev–Trinajstić information content (AvgIpc) is 3.47. The molecule has 0 fully saturated rings. The van der Waals surface area contributed by atoms with Crippen molar-refractivity contribution in [3.8, 4) is 17.1 Å². The van der Waals surface area contributed by atoms with E-state index in [9.17, 15) is 4.79 Å². The van der Waals surface area contributed by atoms with Crippen molar-refractivity contribution in [3.05, 3.63) is 72.1 Å². The summed E-state index contributed by atoms with van der Waals surface area (Å²) in [5.41, 5.74) is 1.82. The molecule has 1 aromatic carbocycles. The third kappa shape index (κ3) is 3.71. The lowest BCUT2D eigenvalue weighted by Gasteiger charge is -2.12. The number of hydrogen-bond acceptors (Lipinski definition) is 7. The van der Waals surface area contributed by atoms with Gasteiger partial charge >= 0.3 is 5.97 Å². The number of nitrogens with zero attached hydrogens (tertiary/aromatic N) is 3. The number of ether oxygens (including phenoxy) is 1. The summed E-state index contributed by atoms with van der Waals surface area (Å²) < 4.78 is 17.8. The van der Waals surface area contributed by atoms with Crippen LogP contribution in [-0.2, 0) is 4.74 Å². The van der Waals surface area contributed by atoms with Gasteiger partial charge in [0.1, 0.15) is 11.5 Å². The Morgan fingerprint density at radius 1 is 1.14 bits per heavy atom. The van der Waals surface area contributed by atoms with Crippen LogP contribution in [-0.4, -0.2) is 27.8 Å². The molecule has 29 heavy (non-hydrogen) atoms. The highest BCUT2D eigenvalue weighted by Crippen LogP contribution is 2.38. The normalized spacial score (nSPS) is 12.1. The minimum atomic E-state index is -0.501. The molecule has 3 aromatic heterocycles.